The second kappa shape index (κ2) is 6.40. The third-order valence-corrected chi connectivity index (χ3v) is 3.09. The molecule has 0 unspecified atom stereocenters. The molecule has 0 aliphatic carbocycles. The smallest absolute Gasteiger partial charge is 0.224 e. The van der Waals surface area contributed by atoms with E-state index in [0.717, 1.165) is 23.1 Å². The van der Waals surface area contributed by atoms with Crippen molar-refractivity contribution in [1.82, 2.24) is 4.57 Å². The minimum absolute atomic E-state index is 0.0558. The largest absolute Gasteiger partial charge is 0.354 e. The zero-order valence-corrected chi connectivity index (χ0v) is 11.6. The molecule has 94 valence electrons. The Morgan fingerprint density at radius 1 is 1.22 bits per heavy atom. The van der Waals surface area contributed by atoms with Gasteiger partial charge in [-0.3, -0.25) is 4.79 Å². The molecule has 0 bridgehead atoms. The van der Waals surface area contributed by atoms with Gasteiger partial charge < -0.3 is 9.88 Å². The van der Waals surface area contributed by atoms with Crippen molar-refractivity contribution in [3.8, 4) is 0 Å². The molecule has 1 heterocycles. The van der Waals surface area contributed by atoms with E-state index in [2.05, 4.69) is 25.8 Å². The van der Waals surface area contributed by atoms with Crippen molar-refractivity contribution in [2.45, 2.75) is 19.4 Å². The molecule has 1 aromatic heterocycles. The van der Waals surface area contributed by atoms with Crippen molar-refractivity contribution < 1.29 is 4.79 Å². The Hall–Kier alpha value is -1.55. The Morgan fingerprint density at radius 2 is 2.00 bits per heavy atom. The molecule has 0 aliphatic rings. The van der Waals surface area contributed by atoms with Crippen molar-refractivity contribution in [1.29, 1.82) is 0 Å². The first-order valence-electron chi connectivity index (χ1n) is 5.90. The van der Waals surface area contributed by atoms with E-state index in [4.69, 9.17) is 0 Å². The number of amides is 1. The van der Waals surface area contributed by atoms with Gasteiger partial charge in [0.15, 0.2) is 0 Å². The highest BCUT2D eigenvalue weighted by Crippen LogP contribution is 2.15. The highest BCUT2D eigenvalue weighted by Gasteiger charge is 2.02. The van der Waals surface area contributed by atoms with Gasteiger partial charge in [-0.05, 0) is 36.8 Å². The lowest BCUT2D eigenvalue weighted by Crippen LogP contribution is -2.12. The van der Waals surface area contributed by atoms with Crippen LogP contribution in [0.4, 0.5) is 5.69 Å². The number of carbonyl (C=O) groups excluding carboxylic acids is 1. The van der Waals surface area contributed by atoms with E-state index in [1.807, 2.05) is 48.8 Å². The number of benzene rings is 1. The molecular formula is C14H15BrN2O. The lowest BCUT2D eigenvalue weighted by Gasteiger charge is -2.06. The molecule has 1 N–H and O–H groups in total. The third-order valence-electron chi connectivity index (χ3n) is 2.59. The summed E-state index contributed by atoms with van der Waals surface area (Å²) in [6, 6.07) is 11.6. The highest BCUT2D eigenvalue weighted by atomic mass is 79.9. The summed E-state index contributed by atoms with van der Waals surface area (Å²) in [6.07, 6.45) is 5.39. The average Bonchev–Trinajstić information content (AvgIpc) is 2.82. The molecule has 4 heteroatoms. The van der Waals surface area contributed by atoms with Gasteiger partial charge in [0.05, 0.1) is 0 Å². The van der Waals surface area contributed by atoms with Crippen LogP contribution in [0.1, 0.15) is 12.8 Å². The van der Waals surface area contributed by atoms with Crippen LogP contribution in [-0.2, 0) is 11.3 Å². The summed E-state index contributed by atoms with van der Waals surface area (Å²) in [6.45, 7) is 0.874. The van der Waals surface area contributed by atoms with Crippen molar-refractivity contribution in [2.24, 2.45) is 0 Å². The summed E-state index contributed by atoms with van der Waals surface area (Å²) in [7, 11) is 0. The first-order valence-corrected chi connectivity index (χ1v) is 6.69. The summed E-state index contributed by atoms with van der Waals surface area (Å²) in [5, 5.41) is 2.88. The number of hydrogen-bond acceptors (Lipinski definition) is 1. The number of nitrogens with one attached hydrogen (secondary N) is 1. The van der Waals surface area contributed by atoms with Gasteiger partial charge in [0.1, 0.15) is 0 Å². The van der Waals surface area contributed by atoms with Crippen molar-refractivity contribution in [3.63, 3.8) is 0 Å². The average molecular weight is 307 g/mol. The Morgan fingerprint density at radius 3 is 2.72 bits per heavy atom. The fraction of sp³-hybridized carbons (Fsp3) is 0.214. The molecule has 0 atom stereocenters. The van der Waals surface area contributed by atoms with Gasteiger partial charge in [-0.25, -0.2) is 0 Å². The molecule has 0 spiro atoms. The van der Waals surface area contributed by atoms with Crippen LogP contribution >= 0.6 is 15.9 Å². The maximum absolute atomic E-state index is 11.7. The molecule has 1 amide bonds. The first-order chi connectivity index (χ1) is 8.74. The van der Waals surface area contributed by atoms with Crippen LogP contribution in [0.3, 0.4) is 0 Å². The zero-order chi connectivity index (χ0) is 12.8. The zero-order valence-electron chi connectivity index (χ0n) is 9.97. The van der Waals surface area contributed by atoms with Gasteiger partial charge in [0.25, 0.3) is 0 Å². The topological polar surface area (TPSA) is 34.0 Å². The quantitative estimate of drug-likeness (QED) is 0.898. The number of aryl methyl sites for hydroxylation is 1. The highest BCUT2D eigenvalue weighted by molar-refractivity contribution is 9.10. The number of halogens is 1. The molecular weight excluding hydrogens is 292 g/mol. The second-order valence-electron chi connectivity index (χ2n) is 4.08. The van der Waals surface area contributed by atoms with Crippen LogP contribution in [0, 0.1) is 0 Å². The van der Waals surface area contributed by atoms with Gasteiger partial charge in [0.2, 0.25) is 5.91 Å². The summed E-state index contributed by atoms with van der Waals surface area (Å²) >= 11 is 3.38. The van der Waals surface area contributed by atoms with E-state index < -0.39 is 0 Å². The standard InChI is InChI=1S/C14H15BrN2O/c15-12-5-3-6-13(11-12)16-14(18)7-4-10-17-8-1-2-9-17/h1-3,5-6,8-9,11H,4,7,10H2,(H,16,18). The second-order valence-corrected chi connectivity index (χ2v) is 5.00. The summed E-state index contributed by atoms with van der Waals surface area (Å²) < 4.78 is 3.04. The molecule has 1 aromatic carbocycles. The molecule has 0 radical (unpaired) electrons. The molecule has 0 aliphatic heterocycles. The van der Waals surface area contributed by atoms with E-state index in [1.54, 1.807) is 0 Å². The van der Waals surface area contributed by atoms with Crippen LogP contribution in [0.25, 0.3) is 0 Å². The fourth-order valence-electron chi connectivity index (χ4n) is 1.73. The monoisotopic (exact) mass is 306 g/mol. The Bertz CT molecular complexity index is 508. The van der Waals surface area contributed by atoms with E-state index in [9.17, 15) is 4.79 Å². The van der Waals surface area contributed by atoms with Crippen LogP contribution in [0.15, 0.2) is 53.3 Å². The van der Waals surface area contributed by atoms with Crippen molar-refractivity contribution in [3.05, 3.63) is 53.3 Å². The van der Waals surface area contributed by atoms with Crippen molar-refractivity contribution >= 4 is 27.5 Å². The number of hydrogen-bond donors (Lipinski definition) is 1. The molecule has 18 heavy (non-hydrogen) atoms. The van der Waals surface area contributed by atoms with Crippen LogP contribution in [0.5, 0.6) is 0 Å². The van der Waals surface area contributed by atoms with Gasteiger partial charge in [-0.1, -0.05) is 22.0 Å². The molecule has 3 nitrogen and oxygen atoms in total. The van der Waals surface area contributed by atoms with Crippen molar-refractivity contribution in [2.75, 3.05) is 5.32 Å². The van der Waals surface area contributed by atoms with E-state index in [-0.39, 0.29) is 5.91 Å². The van der Waals surface area contributed by atoms with Gasteiger partial charge >= 0.3 is 0 Å². The predicted octanol–water partition coefficient (Wildman–Crippen LogP) is 3.67. The minimum Gasteiger partial charge on any atom is -0.354 e. The lowest BCUT2D eigenvalue weighted by atomic mass is 10.2. The van der Waals surface area contributed by atoms with Gasteiger partial charge in [-0.2, -0.15) is 0 Å². The molecule has 0 fully saturated rings. The van der Waals surface area contributed by atoms with E-state index >= 15 is 0 Å². The first kappa shape index (κ1) is 12.9. The van der Waals surface area contributed by atoms with Gasteiger partial charge in [0, 0.05) is 35.5 Å². The summed E-state index contributed by atoms with van der Waals surface area (Å²) in [5.74, 6) is 0.0558. The number of nitrogens with zero attached hydrogens (tertiary/aromatic N) is 1. The van der Waals surface area contributed by atoms with Crippen LogP contribution in [0.2, 0.25) is 0 Å². The lowest BCUT2D eigenvalue weighted by molar-refractivity contribution is -0.116. The molecule has 2 aromatic rings. The van der Waals surface area contributed by atoms with E-state index in [1.165, 1.54) is 0 Å². The number of carbonyl (C=O) groups is 1. The number of anilines is 1. The van der Waals surface area contributed by atoms with Crippen LogP contribution < -0.4 is 5.32 Å². The minimum atomic E-state index is 0.0558. The normalized spacial score (nSPS) is 10.3. The Balaban J connectivity index is 1.75. The Kier molecular flexibility index (Phi) is 4.59. The van der Waals surface area contributed by atoms with Crippen LogP contribution in [-0.4, -0.2) is 10.5 Å². The maximum Gasteiger partial charge on any atom is 0.224 e. The predicted molar refractivity (Wildman–Crippen MR) is 76.4 cm³/mol. The summed E-state index contributed by atoms with van der Waals surface area (Å²) in [5.41, 5.74) is 0.829. The van der Waals surface area contributed by atoms with E-state index in [0.29, 0.717) is 6.42 Å². The fourth-order valence-corrected chi connectivity index (χ4v) is 2.13. The number of aromatic nitrogens is 1. The number of rotatable bonds is 5. The SMILES string of the molecule is O=C(CCCn1cccc1)Nc1cccc(Br)c1. The maximum atomic E-state index is 11.7. The third kappa shape index (κ3) is 4.04. The summed E-state index contributed by atoms with van der Waals surface area (Å²) in [4.78, 5) is 11.7. The molecule has 0 saturated heterocycles. The Labute approximate surface area is 115 Å². The molecule has 2 rings (SSSR count). The van der Waals surface area contributed by atoms with Gasteiger partial charge in [-0.15, -0.1) is 0 Å². The molecule has 0 saturated carbocycles.